The van der Waals surface area contributed by atoms with Gasteiger partial charge in [-0.2, -0.15) is 0 Å². The summed E-state index contributed by atoms with van der Waals surface area (Å²) in [6, 6.07) is 12.6. The average Bonchev–Trinajstić information content (AvgIpc) is 2.55. The number of hydrogen-bond acceptors (Lipinski definition) is 3. The molecule has 0 atom stereocenters. The standard InChI is InChI=1S/C17H17BrClNO3/c1-22-13-5-7-14(8-6-13)23-10-2-3-17(21)20-12-4-9-15(18)16(19)11-12/h4-9,11H,2-3,10H2,1H3,(H,20,21). The topological polar surface area (TPSA) is 47.6 Å². The van der Waals surface area contributed by atoms with Crippen LogP contribution in [0.2, 0.25) is 5.02 Å². The van der Waals surface area contributed by atoms with Gasteiger partial charge in [-0.3, -0.25) is 4.79 Å². The predicted molar refractivity (Wildman–Crippen MR) is 95.5 cm³/mol. The Morgan fingerprint density at radius 3 is 2.52 bits per heavy atom. The highest BCUT2D eigenvalue weighted by Crippen LogP contribution is 2.25. The van der Waals surface area contributed by atoms with Crippen molar-refractivity contribution in [1.29, 1.82) is 0 Å². The molecule has 0 spiro atoms. The third kappa shape index (κ3) is 5.77. The van der Waals surface area contributed by atoms with Crippen molar-refractivity contribution < 1.29 is 14.3 Å². The van der Waals surface area contributed by atoms with Crippen LogP contribution >= 0.6 is 27.5 Å². The summed E-state index contributed by atoms with van der Waals surface area (Å²) in [4.78, 5) is 11.9. The lowest BCUT2D eigenvalue weighted by molar-refractivity contribution is -0.116. The Hall–Kier alpha value is -1.72. The molecule has 0 saturated carbocycles. The van der Waals surface area contributed by atoms with Crippen molar-refractivity contribution in [3.05, 3.63) is 52.0 Å². The number of halogens is 2. The summed E-state index contributed by atoms with van der Waals surface area (Å²) < 4.78 is 11.5. The van der Waals surface area contributed by atoms with Gasteiger partial charge in [0.1, 0.15) is 11.5 Å². The van der Waals surface area contributed by atoms with Gasteiger partial charge < -0.3 is 14.8 Å². The monoisotopic (exact) mass is 397 g/mol. The van der Waals surface area contributed by atoms with E-state index in [4.69, 9.17) is 21.1 Å². The van der Waals surface area contributed by atoms with Gasteiger partial charge in [0.25, 0.3) is 0 Å². The molecule has 0 unspecified atom stereocenters. The van der Waals surface area contributed by atoms with Gasteiger partial charge in [0.2, 0.25) is 5.91 Å². The minimum absolute atomic E-state index is 0.0679. The van der Waals surface area contributed by atoms with E-state index in [0.29, 0.717) is 30.2 Å². The summed E-state index contributed by atoms with van der Waals surface area (Å²) in [7, 11) is 1.62. The second-order valence-electron chi connectivity index (χ2n) is 4.80. The molecule has 0 saturated heterocycles. The highest BCUT2D eigenvalue weighted by Gasteiger charge is 2.05. The molecule has 0 aromatic heterocycles. The molecule has 4 nitrogen and oxygen atoms in total. The molecule has 1 N–H and O–H groups in total. The average molecular weight is 399 g/mol. The van der Waals surface area contributed by atoms with E-state index in [1.54, 1.807) is 25.3 Å². The largest absolute Gasteiger partial charge is 0.497 e. The number of ether oxygens (including phenoxy) is 2. The quantitative estimate of drug-likeness (QED) is 0.674. The van der Waals surface area contributed by atoms with Gasteiger partial charge in [0.15, 0.2) is 0 Å². The van der Waals surface area contributed by atoms with E-state index in [-0.39, 0.29) is 5.91 Å². The normalized spacial score (nSPS) is 10.2. The maximum atomic E-state index is 11.9. The zero-order chi connectivity index (χ0) is 16.7. The summed E-state index contributed by atoms with van der Waals surface area (Å²) in [6.45, 7) is 0.473. The molecule has 122 valence electrons. The smallest absolute Gasteiger partial charge is 0.224 e. The van der Waals surface area contributed by atoms with E-state index >= 15 is 0 Å². The summed E-state index contributed by atoms with van der Waals surface area (Å²) in [6.07, 6.45) is 1.01. The Labute approximate surface area is 148 Å². The van der Waals surface area contributed by atoms with Gasteiger partial charge in [0, 0.05) is 16.6 Å². The van der Waals surface area contributed by atoms with Gasteiger partial charge in [-0.15, -0.1) is 0 Å². The van der Waals surface area contributed by atoms with Crippen LogP contribution in [0.1, 0.15) is 12.8 Å². The van der Waals surface area contributed by atoms with Crippen LogP contribution in [0.3, 0.4) is 0 Å². The predicted octanol–water partition coefficient (Wildman–Crippen LogP) is 4.91. The number of anilines is 1. The van der Waals surface area contributed by atoms with E-state index < -0.39 is 0 Å². The molecule has 0 aliphatic rings. The van der Waals surface area contributed by atoms with Crippen LogP contribution in [0.5, 0.6) is 11.5 Å². The van der Waals surface area contributed by atoms with Crippen LogP contribution < -0.4 is 14.8 Å². The first-order chi connectivity index (χ1) is 11.1. The number of amides is 1. The number of carbonyl (C=O) groups excluding carboxylic acids is 1. The van der Waals surface area contributed by atoms with Crippen LogP contribution in [0, 0.1) is 0 Å². The first-order valence-corrected chi connectivity index (χ1v) is 8.27. The van der Waals surface area contributed by atoms with E-state index in [2.05, 4.69) is 21.2 Å². The van der Waals surface area contributed by atoms with Crippen molar-refractivity contribution in [3.63, 3.8) is 0 Å². The molecule has 2 aromatic rings. The molecular weight excluding hydrogens is 382 g/mol. The second kappa shape index (κ2) is 8.79. The van der Waals surface area contributed by atoms with Crippen LogP contribution in [0.25, 0.3) is 0 Å². The summed E-state index contributed by atoms with van der Waals surface area (Å²) in [5, 5.41) is 3.37. The third-order valence-electron chi connectivity index (χ3n) is 3.08. The van der Waals surface area contributed by atoms with Crippen molar-refractivity contribution in [2.24, 2.45) is 0 Å². The number of nitrogens with one attached hydrogen (secondary N) is 1. The first-order valence-electron chi connectivity index (χ1n) is 7.10. The van der Waals surface area contributed by atoms with Crippen molar-refractivity contribution >= 4 is 39.1 Å². The van der Waals surface area contributed by atoms with Crippen molar-refractivity contribution in [1.82, 2.24) is 0 Å². The fraction of sp³-hybridized carbons (Fsp3) is 0.235. The van der Waals surface area contributed by atoms with Crippen LogP contribution in [0.15, 0.2) is 46.9 Å². The molecule has 0 aliphatic heterocycles. The number of methoxy groups -OCH3 is 1. The van der Waals surface area contributed by atoms with Crippen LogP contribution in [-0.4, -0.2) is 19.6 Å². The van der Waals surface area contributed by atoms with E-state index in [9.17, 15) is 4.79 Å². The summed E-state index contributed by atoms with van der Waals surface area (Å²) >= 11 is 9.30. The zero-order valence-corrected chi connectivity index (χ0v) is 15.0. The molecule has 0 radical (unpaired) electrons. The van der Waals surface area contributed by atoms with Gasteiger partial charge in [-0.25, -0.2) is 0 Å². The van der Waals surface area contributed by atoms with Gasteiger partial charge in [-0.1, -0.05) is 11.6 Å². The number of rotatable bonds is 7. The molecule has 2 aromatic carbocycles. The summed E-state index contributed by atoms with van der Waals surface area (Å²) in [5.41, 5.74) is 0.680. The number of benzene rings is 2. The van der Waals surface area contributed by atoms with E-state index in [0.717, 1.165) is 16.0 Å². The molecule has 0 heterocycles. The Morgan fingerprint density at radius 2 is 1.87 bits per heavy atom. The molecule has 6 heteroatoms. The van der Waals surface area contributed by atoms with Gasteiger partial charge >= 0.3 is 0 Å². The minimum Gasteiger partial charge on any atom is -0.497 e. The van der Waals surface area contributed by atoms with E-state index in [1.807, 2.05) is 24.3 Å². The third-order valence-corrected chi connectivity index (χ3v) is 4.31. The lowest BCUT2D eigenvalue weighted by atomic mass is 10.2. The minimum atomic E-state index is -0.0679. The molecule has 1 amide bonds. The Balaban J connectivity index is 1.70. The second-order valence-corrected chi connectivity index (χ2v) is 6.07. The molecule has 23 heavy (non-hydrogen) atoms. The highest BCUT2D eigenvalue weighted by molar-refractivity contribution is 9.10. The van der Waals surface area contributed by atoms with Gasteiger partial charge in [0.05, 0.1) is 18.7 Å². The Kier molecular flexibility index (Phi) is 6.74. The molecule has 0 aliphatic carbocycles. The molecule has 0 fully saturated rings. The molecule has 2 rings (SSSR count). The highest BCUT2D eigenvalue weighted by atomic mass is 79.9. The SMILES string of the molecule is COc1ccc(OCCCC(=O)Nc2ccc(Br)c(Cl)c2)cc1. The van der Waals surface area contributed by atoms with Crippen molar-refractivity contribution in [2.75, 3.05) is 19.0 Å². The molecular formula is C17H17BrClNO3. The van der Waals surface area contributed by atoms with Crippen LogP contribution in [-0.2, 0) is 4.79 Å². The number of hydrogen-bond donors (Lipinski definition) is 1. The first kappa shape index (κ1) is 17.6. The zero-order valence-electron chi connectivity index (χ0n) is 12.6. The fourth-order valence-electron chi connectivity index (χ4n) is 1.89. The maximum Gasteiger partial charge on any atom is 0.224 e. The van der Waals surface area contributed by atoms with E-state index in [1.165, 1.54) is 0 Å². The van der Waals surface area contributed by atoms with Gasteiger partial charge in [-0.05, 0) is 64.8 Å². The Morgan fingerprint density at radius 1 is 1.17 bits per heavy atom. The fourth-order valence-corrected chi connectivity index (χ4v) is 2.32. The Bertz CT molecular complexity index is 661. The van der Waals surface area contributed by atoms with Crippen molar-refractivity contribution in [3.8, 4) is 11.5 Å². The summed E-state index contributed by atoms with van der Waals surface area (Å²) in [5.74, 6) is 1.47. The number of carbonyl (C=O) groups is 1. The maximum absolute atomic E-state index is 11.9. The van der Waals surface area contributed by atoms with Crippen LogP contribution in [0.4, 0.5) is 5.69 Å². The lowest BCUT2D eigenvalue weighted by Gasteiger charge is -2.08. The van der Waals surface area contributed by atoms with Crippen molar-refractivity contribution in [2.45, 2.75) is 12.8 Å². The molecule has 0 bridgehead atoms. The lowest BCUT2D eigenvalue weighted by Crippen LogP contribution is -2.12.